The topological polar surface area (TPSA) is 35.5 Å². The van der Waals surface area contributed by atoms with Crippen LogP contribution in [-0.4, -0.2) is 25.7 Å². The average Bonchev–Trinajstić information content (AvgIpc) is 2.40. The summed E-state index contributed by atoms with van der Waals surface area (Å²) in [6.07, 6.45) is -4.64. The van der Waals surface area contributed by atoms with E-state index in [1.54, 1.807) is 12.1 Å². The number of carbonyl (C=O) groups is 1. The van der Waals surface area contributed by atoms with E-state index in [9.17, 15) is 18.0 Å². The van der Waals surface area contributed by atoms with Crippen LogP contribution in [0.15, 0.2) is 18.2 Å². The van der Waals surface area contributed by atoms with Gasteiger partial charge in [-0.15, -0.1) is 0 Å². The van der Waals surface area contributed by atoms with Gasteiger partial charge in [0.15, 0.2) is 5.78 Å². The van der Waals surface area contributed by atoms with Crippen molar-refractivity contribution in [1.82, 2.24) is 0 Å². The summed E-state index contributed by atoms with van der Waals surface area (Å²) < 4.78 is 49.3. The molecule has 0 N–H and O–H groups in total. The Morgan fingerprint density at radius 1 is 1.33 bits per heavy atom. The number of fused-ring (bicyclic) bond motifs is 1. The summed E-state index contributed by atoms with van der Waals surface area (Å²) in [5, 5.41) is 0. The van der Waals surface area contributed by atoms with Crippen molar-refractivity contribution in [2.75, 3.05) is 13.7 Å². The molecule has 0 spiro atoms. The second-order valence-electron chi connectivity index (χ2n) is 5.82. The van der Waals surface area contributed by atoms with Crippen molar-refractivity contribution in [2.45, 2.75) is 26.4 Å². The van der Waals surface area contributed by atoms with Crippen LogP contribution < -0.4 is 9.47 Å². The molecule has 1 aliphatic rings. The van der Waals surface area contributed by atoms with Crippen molar-refractivity contribution in [3.63, 3.8) is 0 Å². The minimum Gasteiger partial charge on any atom is -0.497 e. The summed E-state index contributed by atoms with van der Waals surface area (Å²) in [4.78, 5) is 12.3. The fraction of sp³-hybridized carbons (Fsp3) is 0.533. The molecule has 21 heavy (non-hydrogen) atoms. The number of Topliss-reactive ketones (excluding diaryl/α,β-unsaturated/α-hetero) is 1. The SMILES string of the molecule is COc1ccc2c(c1)OC[C@H](CC(C)(C)C(F)(F)F)C2=O. The molecular weight excluding hydrogens is 285 g/mol. The van der Waals surface area contributed by atoms with E-state index in [1.165, 1.54) is 13.2 Å². The molecule has 0 aliphatic carbocycles. The predicted molar refractivity (Wildman–Crippen MR) is 70.8 cm³/mol. The van der Waals surface area contributed by atoms with E-state index < -0.39 is 17.5 Å². The highest BCUT2D eigenvalue weighted by Crippen LogP contribution is 2.44. The first-order chi connectivity index (χ1) is 9.65. The molecule has 0 amide bonds. The standard InChI is InChI=1S/C15H17F3O3/c1-14(2,15(16,17)18)7-9-8-21-12-6-10(20-3)4-5-11(12)13(9)19/h4-6,9H,7-8H2,1-3H3/t9-/m0/s1. The number of alkyl halides is 3. The first-order valence-corrected chi connectivity index (χ1v) is 6.57. The highest BCUT2D eigenvalue weighted by Gasteiger charge is 2.49. The van der Waals surface area contributed by atoms with Crippen LogP contribution in [0.4, 0.5) is 13.2 Å². The second-order valence-corrected chi connectivity index (χ2v) is 5.82. The van der Waals surface area contributed by atoms with Gasteiger partial charge in [0.1, 0.15) is 11.5 Å². The molecule has 0 aromatic heterocycles. The minimum absolute atomic E-state index is 0.0431. The molecule has 0 saturated heterocycles. The highest BCUT2D eigenvalue weighted by atomic mass is 19.4. The van der Waals surface area contributed by atoms with E-state index in [1.807, 2.05) is 0 Å². The highest BCUT2D eigenvalue weighted by molar-refractivity contribution is 6.01. The van der Waals surface area contributed by atoms with Crippen molar-refractivity contribution in [2.24, 2.45) is 11.3 Å². The van der Waals surface area contributed by atoms with Crippen LogP contribution in [0.3, 0.4) is 0 Å². The molecular formula is C15H17F3O3. The summed E-state index contributed by atoms with van der Waals surface area (Å²) in [7, 11) is 1.49. The van der Waals surface area contributed by atoms with Crippen LogP contribution in [0.5, 0.6) is 11.5 Å². The van der Waals surface area contributed by atoms with Crippen molar-refractivity contribution in [1.29, 1.82) is 0 Å². The molecule has 116 valence electrons. The summed E-state index contributed by atoms with van der Waals surface area (Å²) in [5.41, 5.74) is -1.62. The Morgan fingerprint density at radius 3 is 2.57 bits per heavy atom. The molecule has 0 unspecified atom stereocenters. The fourth-order valence-corrected chi connectivity index (χ4v) is 2.32. The Labute approximate surface area is 121 Å². The second kappa shape index (κ2) is 5.24. The zero-order chi connectivity index (χ0) is 15.8. The lowest BCUT2D eigenvalue weighted by Crippen LogP contribution is -2.39. The van der Waals surface area contributed by atoms with Gasteiger partial charge in [-0.1, -0.05) is 13.8 Å². The third-order valence-corrected chi connectivity index (χ3v) is 3.79. The van der Waals surface area contributed by atoms with Gasteiger partial charge in [0.05, 0.1) is 30.6 Å². The van der Waals surface area contributed by atoms with Crippen molar-refractivity contribution < 1.29 is 27.4 Å². The molecule has 0 fully saturated rings. The molecule has 1 heterocycles. The van der Waals surface area contributed by atoms with Crippen LogP contribution in [0.25, 0.3) is 0 Å². The molecule has 1 aromatic carbocycles. The van der Waals surface area contributed by atoms with E-state index in [2.05, 4.69) is 0 Å². The summed E-state index contributed by atoms with van der Waals surface area (Å²) in [5.74, 6) is -0.199. The number of halogens is 3. The predicted octanol–water partition coefficient (Wildman–Crippen LogP) is 3.87. The lowest BCUT2D eigenvalue weighted by molar-refractivity contribution is -0.216. The van der Waals surface area contributed by atoms with Gasteiger partial charge in [0.2, 0.25) is 0 Å². The maximum atomic E-state index is 12.9. The smallest absolute Gasteiger partial charge is 0.394 e. The van der Waals surface area contributed by atoms with E-state index in [0.717, 1.165) is 13.8 Å². The monoisotopic (exact) mass is 302 g/mol. The number of ether oxygens (including phenoxy) is 2. The maximum Gasteiger partial charge on any atom is 0.394 e. The first-order valence-electron chi connectivity index (χ1n) is 6.57. The van der Waals surface area contributed by atoms with Gasteiger partial charge < -0.3 is 9.47 Å². The van der Waals surface area contributed by atoms with E-state index in [-0.39, 0.29) is 18.8 Å². The number of hydrogen-bond donors (Lipinski definition) is 0. The van der Waals surface area contributed by atoms with Crippen molar-refractivity contribution in [3.05, 3.63) is 23.8 Å². The minimum atomic E-state index is -4.35. The maximum absolute atomic E-state index is 12.9. The first kappa shape index (κ1) is 15.7. The third kappa shape index (κ3) is 2.99. The molecule has 0 bridgehead atoms. The normalized spacial score (nSPS) is 19.0. The van der Waals surface area contributed by atoms with Crippen LogP contribution in [0, 0.1) is 11.3 Å². The van der Waals surface area contributed by atoms with Crippen LogP contribution in [-0.2, 0) is 0 Å². The summed E-state index contributed by atoms with van der Waals surface area (Å²) in [6, 6.07) is 4.69. The number of benzene rings is 1. The molecule has 0 radical (unpaired) electrons. The van der Waals surface area contributed by atoms with Crippen LogP contribution in [0.2, 0.25) is 0 Å². The van der Waals surface area contributed by atoms with Gasteiger partial charge in [-0.2, -0.15) is 13.2 Å². The van der Waals surface area contributed by atoms with Gasteiger partial charge in [-0.3, -0.25) is 4.79 Å². The molecule has 1 aromatic rings. The number of ketones is 1. The Hall–Kier alpha value is -1.72. The molecule has 1 aliphatic heterocycles. The molecule has 3 nitrogen and oxygen atoms in total. The zero-order valence-corrected chi connectivity index (χ0v) is 12.1. The van der Waals surface area contributed by atoms with E-state index in [4.69, 9.17) is 9.47 Å². The van der Waals surface area contributed by atoms with Gasteiger partial charge in [-0.05, 0) is 18.6 Å². The molecule has 1 atom stereocenters. The van der Waals surface area contributed by atoms with Crippen molar-refractivity contribution in [3.8, 4) is 11.5 Å². The number of rotatable bonds is 3. The quantitative estimate of drug-likeness (QED) is 0.850. The molecule has 0 saturated carbocycles. The summed E-state index contributed by atoms with van der Waals surface area (Å²) >= 11 is 0. The Morgan fingerprint density at radius 2 is 2.00 bits per heavy atom. The van der Waals surface area contributed by atoms with Gasteiger partial charge in [0, 0.05) is 6.07 Å². The number of carbonyl (C=O) groups excluding carboxylic acids is 1. The Bertz CT molecular complexity index is 550. The number of hydrogen-bond acceptors (Lipinski definition) is 3. The molecule has 6 heteroatoms. The van der Waals surface area contributed by atoms with Gasteiger partial charge in [0.25, 0.3) is 0 Å². The summed E-state index contributed by atoms with van der Waals surface area (Å²) in [6.45, 7) is 2.16. The van der Waals surface area contributed by atoms with Gasteiger partial charge in [-0.25, -0.2) is 0 Å². The molecule has 2 rings (SSSR count). The Kier molecular flexibility index (Phi) is 3.91. The lowest BCUT2D eigenvalue weighted by atomic mass is 9.78. The number of methoxy groups -OCH3 is 1. The Balaban J connectivity index is 2.21. The third-order valence-electron chi connectivity index (χ3n) is 3.79. The van der Waals surface area contributed by atoms with E-state index >= 15 is 0 Å². The van der Waals surface area contributed by atoms with Gasteiger partial charge >= 0.3 is 6.18 Å². The zero-order valence-electron chi connectivity index (χ0n) is 12.1. The van der Waals surface area contributed by atoms with Crippen molar-refractivity contribution >= 4 is 5.78 Å². The van der Waals surface area contributed by atoms with Crippen LogP contribution in [0.1, 0.15) is 30.6 Å². The largest absolute Gasteiger partial charge is 0.497 e. The van der Waals surface area contributed by atoms with Crippen LogP contribution >= 0.6 is 0 Å². The lowest BCUT2D eigenvalue weighted by Gasteiger charge is -2.33. The fourth-order valence-electron chi connectivity index (χ4n) is 2.32. The van der Waals surface area contributed by atoms with E-state index in [0.29, 0.717) is 17.1 Å². The average molecular weight is 302 g/mol.